The Bertz CT molecular complexity index is 514. The number of halogens is 1. The number of piperidine rings is 1. The SMILES string of the molecule is CCCNC(=O)C1CCN(C(=O)c2ccccc2N)CC1.Cl. The molecule has 0 unspecified atom stereocenters. The number of rotatable bonds is 4. The van der Waals surface area contributed by atoms with Gasteiger partial charge in [0.25, 0.3) is 5.91 Å². The van der Waals surface area contributed by atoms with E-state index in [9.17, 15) is 9.59 Å². The molecule has 1 aliphatic heterocycles. The molecule has 0 aromatic heterocycles. The Hall–Kier alpha value is -1.75. The lowest BCUT2D eigenvalue weighted by Crippen LogP contribution is -2.43. The second-order valence-electron chi connectivity index (χ2n) is 5.44. The summed E-state index contributed by atoms with van der Waals surface area (Å²) >= 11 is 0. The first-order valence-corrected chi connectivity index (χ1v) is 7.55. The monoisotopic (exact) mass is 325 g/mol. The molecule has 0 bridgehead atoms. The van der Waals surface area contributed by atoms with Gasteiger partial charge in [0.15, 0.2) is 0 Å². The normalized spacial score (nSPS) is 15.0. The van der Waals surface area contributed by atoms with Crippen LogP contribution in [0.15, 0.2) is 24.3 Å². The van der Waals surface area contributed by atoms with Crippen molar-refractivity contribution in [2.45, 2.75) is 26.2 Å². The molecule has 1 fully saturated rings. The van der Waals surface area contributed by atoms with Crippen molar-refractivity contribution in [2.75, 3.05) is 25.4 Å². The van der Waals surface area contributed by atoms with E-state index in [1.807, 2.05) is 19.1 Å². The zero-order valence-electron chi connectivity index (χ0n) is 12.9. The van der Waals surface area contributed by atoms with Crippen LogP contribution < -0.4 is 11.1 Å². The van der Waals surface area contributed by atoms with Gasteiger partial charge in [0.05, 0.1) is 5.56 Å². The van der Waals surface area contributed by atoms with E-state index in [-0.39, 0.29) is 30.1 Å². The van der Waals surface area contributed by atoms with E-state index in [0.717, 1.165) is 13.0 Å². The van der Waals surface area contributed by atoms with E-state index in [1.165, 1.54) is 0 Å². The summed E-state index contributed by atoms with van der Waals surface area (Å²) in [5.41, 5.74) is 6.90. The molecule has 0 aliphatic carbocycles. The Morgan fingerprint density at radius 2 is 1.91 bits per heavy atom. The first-order valence-electron chi connectivity index (χ1n) is 7.55. The van der Waals surface area contributed by atoms with Crippen LogP contribution >= 0.6 is 12.4 Å². The molecule has 2 amide bonds. The van der Waals surface area contributed by atoms with Gasteiger partial charge in [0.2, 0.25) is 5.91 Å². The van der Waals surface area contributed by atoms with E-state index >= 15 is 0 Å². The summed E-state index contributed by atoms with van der Waals surface area (Å²) in [6.07, 6.45) is 2.37. The standard InChI is InChI=1S/C16H23N3O2.ClH/c1-2-9-18-15(20)12-7-10-19(11-8-12)16(21)13-5-3-4-6-14(13)17;/h3-6,12H,2,7-11,17H2,1H3,(H,18,20);1H. The fourth-order valence-electron chi connectivity index (χ4n) is 2.60. The second-order valence-corrected chi connectivity index (χ2v) is 5.44. The molecule has 5 nitrogen and oxygen atoms in total. The van der Waals surface area contributed by atoms with Crippen molar-refractivity contribution in [2.24, 2.45) is 5.92 Å². The quantitative estimate of drug-likeness (QED) is 0.832. The molecule has 0 atom stereocenters. The van der Waals surface area contributed by atoms with Crippen LogP contribution in [0, 0.1) is 5.92 Å². The highest BCUT2D eigenvalue weighted by Crippen LogP contribution is 2.21. The number of anilines is 1. The molecule has 0 spiro atoms. The summed E-state index contributed by atoms with van der Waals surface area (Å²) in [6, 6.07) is 7.11. The molecule has 1 saturated heterocycles. The Kier molecular flexibility index (Phi) is 7.18. The van der Waals surface area contributed by atoms with Crippen LogP contribution in [0.3, 0.4) is 0 Å². The van der Waals surface area contributed by atoms with Gasteiger partial charge >= 0.3 is 0 Å². The number of carbonyl (C=O) groups excluding carboxylic acids is 2. The largest absolute Gasteiger partial charge is 0.398 e. The van der Waals surface area contributed by atoms with E-state index in [0.29, 0.717) is 37.2 Å². The van der Waals surface area contributed by atoms with E-state index in [4.69, 9.17) is 5.73 Å². The maximum absolute atomic E-state index is 12.4. The lowest BCUT2D eigenvalue weighted by molar-refractivity contribution is -0.126. The number of hydrogen-bond donors (Lipinski definition) is 2. The fourth-order valence-corrected chi connectivity index (χ4v) is 2.60. The average molecular weight is 326 g/mol. The number of amides is 2. The summed E-state index contributed by atoms with van der Waals surface area (Å²) in [5, 5.41) is 2.92. The minimum Gasteiger partial charge on any atom is -0.398 e. The molecule has 1 heterocycles. The van der Waals surface area contributed by atoms with Crippen LogP contribution in [0.2, 0.25) is 0 Å². The maximum Gasteiger partial charge on any atom is 0.255 e. The molecule has 22 heavy (non-hydrogen) atoms. The number of nitrogens with two attached hydrogens (primary N) is 1. The number of likely N-dealkylation sites (tertiary alicyclic amines) is 1. The van der Waals surface area contributed by atoms with Crippen molar-refractivity contribution in [3.05, 3.63) is 29.8 Å². The van der Waals surface area contributed by atoms with Gasteiger partial charge in [-0.05, 0) is 31.4 Å². The van der Waals surface area contributed by atoms with Crippen molar-refractivity contribution in [1.29, 1.82) is 0 Å². The summed E-state index contributed by atoms with van der Waals surface area (Å²) in [4.78, 5) is 26.1. The summed E-state index contributed by atoms with van der Waals surface area (Å²) < 4.78 is 0. The highest BCUT2D eigenvalue weighted by molar-refractivity contribution is 5.99. The van der Waals surface area contributed by atoms with Gasteiger partial charge in [-0.1, -0.05) is 19.1 Å². The minimum absolute atomic E-state index is 0. The molecule has 1 aliphatic rings. The average Bonchev–Trinajstić information content (AvgIpc) is 2.52. The molecule has 122 valence electrons. The summed E-state index contributed by atoms with van der Waals surface area (Å²) in [6.45, 7) is 3.97. The van der Waals surface area contributed by atoms with Crippen molar-refractivity contribution in [3.8, 4) is 0 Å². The molecule has 0 saturated carbocycles. The highest BCUT2D eigenvalue weighted by Gasteiger charge is 2.28. The van der Waals surface area contributed by atoms with E-state index in [2.05, 4.69) is 5.32 Å². The van der Waals surface area contributed by atoms with Crippen LogP contribution in [-0.4, -0.2) is 36.3 Å². The summed E-state index contributed by atoms with van der Waals surface area (Å²) in [7, 11) is 0. The first kappa shape index (κ1) is 18.3. The molecule has 6 heteroatoms. The lowest BCUT2D eigenvalue weighted by atomic mass is 9.95. The predicted octanol–water partition coefficient (Wildman–Crippen LogP) is 2.07. The van der Waals surface area contributed by atoms with Gasteiger partial charge < -0.3 is 16.0 Å². The molecule has 1 aromatic carbocycles. The second kappa shape index (κ2) is 8.63. The maximum atomic E-state index is 12.4. The number of nitrogens with zero attached hydrogens (tertiary/aromatic N) is 1. The Balaban J connectivity index is 0.00000242. The van der Waals surface area contributed by atoms with Crippen molar-refractivity contribution >= 4 is 29.9 Å². The number of hydrogen-bond acceptors (Lipinski definition) is 3. The van der Waals surface area contributed by atoms with Crippen LogP contribution in [0.4, 0.5) is 5.69 Å². The third-order valence-corrected chi connectivity index (χ3v) is 3.89. The number of benzene rings is 1. The number of nitrogen functional groups attached to an aromatic ring is 1. The molecule has 2 rings (SSSR count). The fraction of sp³-hybridized carbons (Fsp3) is 0.500. The van der Waals surface area contributed by atoms with Gasteiger partial charge in [-0.3, -0.25) is 9.59 Å². The van der Waals surface area contributed by atoms with Crippen LogP contribution in [-0.2, 0) is 4.79 Å². The van der Waals surface area contributed by atoms with Gasteiger partial charge in [0, 0.05) is 31.2 Å². The van der Waals surface area contributed by atoms with Crippen molar-refractivity contribution in [1.82, 2.24) is 10.2 Å². The van der Waals surface area contributed by atoms with Crippen molar-refractivity contribution in [3.63, 3.8) is 0 Å². The predicted molar refractivity (Wildman–Crippen MR) is 90.0 cm³/mol. The Morgan fingerprint density at radius 3 is 2.50 bits per heavy atom. The smallest absolute Gasteiger partial charge is 0.255 e. The third-order valence-electron chi connectivity index (χ3n) is 3.89. The topological polar surface area (TPSA) is 75.4 Å². The Labute approximate surface area is 137 Å². The zero-order chi connectivity index (χ0) is 15.2. The summed E-state index contributed by atoms with van der Waals surface area (Å²) in [5.74, 6) is 0.0948. The molecule has 3 N–H and O–H groups in total. The molecular formula is C16H24ClN3O2. The van der Waals surface area contributed by atoms with Gasteiger partial charge in [0.1, 0.15) is 0 Å². The molecular weight excluding hydrogens is 302 g/mol. The van der Waals surface area contributed by atoms with E-state index in [1.54, 1.807) is 17.0 Å². The Morgan fingerprint density at radius 1 is 1.27 bits per heavy atom. The van der Waals surface area contributed by atoms with E-state index < -0.39 is 0 Å². The number of para-hydroxylation sites is 1. The van der Waals surface area contributed by atoms with Crippen LogP contribution in [0.1, 0.15) is 36.5 Å². The highest BCUT2D eigenvalue weighted by atomic mass is 35.5. The minimum atomic E-state index is -0.0412. The van der Waals surface area contributed by atoms with Gasteiger partial charge in [-0.25, -0.2) is 0 Å². The van der Waals surface area contributed by atoms with Crippen LogP contribution in [0.5, 0.6) is 0 Å². The third kappa shape index (κ3) is 4.37. The number of carbonyl (C=O) groups is 2. The first-order chi connectivity index (χ1) is 10.1. The van der Waals surface area contributed by atoms with Gasteiger partial charge in [-0.15, -0.1) is 12.4 Å². The lowest BCUT2D eigenvalue weighted by Gasteiger charge is -2.31. The van der Waals surface area contributed by atoms with Crippen molar-refractivity contribution < 1.29 is 9.59 Å². The molecule has 0 radical (unpaired) electrons. The molecule has 1 aromatic rings. The van der Waals surface area contributed by atoms with Gasteiger partial charge in [-0.2, -0.15) is 0 Å². The zero-order valence-corrected chi connectivity index (χ0v) is 13.7. The van der Waals surface area contributed by atoms with Crippen LogP contribution in [0.25, 0.3) is 0 Å². The number of nitrogens with one attached hydrogen (secondary N) is 1.